The molecule has 2 aromatic heterocycles. The lowest BCUT2D eigenvalue weighted by molar-refractivity contribution is -0.384. The molecule has 0 radical (unpaired) electrons. The predicted octanol–water partition coefficient (Wildman–Crippen LogP) is 3.71. The zero-order valence-electron chi connectivity index (χ0n) is 15.8. The molecule has 1 aromatic carbocycles. The molecule has 152 valence electrons. The number of nitrogens with zero attached hydrogens (tertiary/aromatic N) is 2. The van der Waals surface area contributed by atoms with E-state index in [2.05, 4.69) is 0 Å². The number of amides is 1. The molecule has 0 spiro atoms. The van der Waals surface area contributed by atoms with E-state index in [9.17, 15) is 24.8 Å². The van der Waals surface area contributed by atoms with Crippen LogP contribution in [0.25, 0.3) is 5.76 Å². The molecule has 3 heterocycles. The summed E-state index contributed by atoms with van der Waals surface area (Å²) >= 11 is 0. The van der Waals surface area contributed by atoms with E-state index in [1.54, 1.807) is 31.2 Å². The molecule has 1 unspecified atom stereocenters. The molecule has 0 saturated carbocycles. The van der Waals surface area contributed by atoms with E-state index in [0.29, 0.717) is 11.5 Å². The first-order valence-corrected chi connectivity index (χ1v) is 8.99. The van der Waals surface area contributed by atoms with E-state index in [-0.39, 0.29) is 29.1 Å². The van der Waals surface area contributed by atoms with Crippen molar-refractivity contribution in [1.29, 1.82) is 0 Å². The first-order chi connectivity index (χ1) is 14.4. The third kappa shape index (κ3) is 3.26. The van der Waals surface area contributed by atoms with Gasteiger partial charge in [-0.15, -0.1) is 0 Å². The third-order valence-electron chi connectivity index (χ3n) is 4.81. The number of aliphatic hydroxyl groups excluding tert-OH is 1. The minimum absolute atomic E-state index is 0.0201. The number of benzene rings is 1. The number of likely N-dealkylation sites (tertiary alicyclic amines) is 1. The molecule has 4 rings (SSSR count). The van der Waals surface area contributed by atoms with Crippen LogP contribution in [0.2, 0.25) is 0 Å². The maximum absolute atomic E-state index is 12.9. The van der Waals surface area contributed by atoms with Gasteiger partial charge in [-0.3, -0.25) is 19.7 Å². The Balaban J connectivity index is 1.86. The summed E-state index contributed by atoms with van der Waals surface area (Å²) in [5.74, 6) is -0.977. The van der Waals surface area contributed by atoms with E-state index in [1.165, 1.54) is 29.4 Å². The van der Waals surface area contributed by atoms with Crippen molar-refractivity contribution < 1.29 is 28.5 Å². The minimum atomic E-state index is -1.01. The Kier molecular flexibility index (Phi) is 4.71. The molecular formula is C21H16N2O7. The van der Waals surface area contributed by atoms with Crippen molar-refractivity contribution in [3.05, 3.63) is 93.3 Å². The van der Waals surface area contributed by atoms with Crippen LogP contribution in [0, 0.1) is 17.0 Å². The van der Waals surface area contributed by atoms with Gasteiger partial charge in [-0.05, 0) is 31.2 Å². The van der Waals surface area contributed by atoms with Gasteiger partial charge in [-0.25, -0.2) is 0 Å². The Morgan fingerprint density at radius 3 is 2.63 bits per heavy atom. The fourth-order valence-corrected chi connectivity index (χ4v) is 3.43. The molecule has 1 aliphatic heterocycles. The summed E-state index contributed by atoms with van der Waals surface area (Å²) in [6, 6.07) is 10.8. The molecule has 1 saturated heterocycles. The largest absolute Gasteiger partial charge is 0.507 e. The molecule has 3 aromatic rings. The lowest BCUT2D eigenvalue weighted by Crippen LogP contribution is -2.28. The SMILES string of the molecule is Cc1ccc(C2/C(=C(/O)c3cccc([N+](=O)[O-])c3)C(=O)C(=O)N2Cc2ccco2)o1. The lowest BCUT2D eigenvalue weighted by atomic mass is 9.99. The van der Waals surface area contributed by atoms with Crippen LogP contribution >= 0.6 is 0 Å². The first-order valence-electron chi connectivity index (χ1n) is 8.99. The quantitative estimate of drug-likeness (QED) is 0.224. The average molecular weight is 408 g/mol. The Labute approximate surface area is 170 Å². The smallest absolute Gasteiger partial charge is 0.296 e. The fraction of sp³-hybridized carbons (Fsp3) is 0.143. The van der Waals surface area contributed by atoms with Crippen molar-refractivity contribution >= 4 is 23.1 Å². The second kappa shape index (κ2) is 7.36. The normalized spacial score (nSPS) is 18.2. The van der Waals surface area contributed by atoms with Gasteiger partial charge in [0, 0.05) is 17.7 Å². The van der Waals surface area contributed by atoms with Gasteiger partial charge in [0.05, 0.1) is 23.3 Å². The number of aryl methyl sites for hydroxylation is 1. The number of carbonyl (C=O) groups is 2. The average Bonchev–Trinajstić information content (AvgIpc) is 3.45. The Hall–Kier alpha value is -4.14. The van der Waals surface area contributed by atoms with E-state index >= 15 is 0 Å². The molecule has 0 aliphatic carbocycles. The number of non-ortho nitro benzene ring substituents is 1. The van der Waals surface area contributed by atoms with E-state index in [4.69, 9.17) is 8.83 Å². The number of Topliss-reactive ketones (excluding diaryl/α,β-unsaturated/α-hetero) is 1. The first kappa shape index (κ1) is 19.2. The van der Waals surface area contributed by atoms with Crippen LogP contribution in [0.5, 0.6) is 0 Å². The van der Waals surface area contributed by atoms with Crippen LogP contribution in [-0.2, 0) is 16.1 Å². The van der Waals surface area contributed by atoms with Crippen molar-refractivity contribution in [2.75, 3.05) is 0 Å². The standard InChI is InChI=1S/C21H16N2O7/c1-12-7-8-16(30-12)18-17(19(24)13-4-2-5-14(10-13)23(27)28)20(25)21(26)22(18)11-15-6-3-9-29-15/h2-10,18,24H,11H2,1H3/b19-17-. The number of furan rings is 2. The highest BCUT2D eigenvalue weighted by molar-refractivity contribution is 6.46. The summed E-state index contributed by atoms with van der Waals surface area (Å²) in [6.07, 6.45) is 1.45. The Bertz CT molecular complexity index is 1170. The topological polar surface area (TPSA) is 127 Å². The summed E-state index contributed by atoms with van der Waals surface area (Å²) in [5, 5.41) is 22.0. The minimum Gasteiger partial charge on any atom is -0.507 e. The number of rotatable bonds is 5. The molecule has 30 heavy (non-hydrogen) atoms. The highest BCUT2D eigenvalue weighted by Gasteiger charge is 2.47. The summed E-state index contributed by atoms with van der Waals surface area (Å²) in [4.78, 5) is 37.3. The number of aliphatic hydroxyl groups is 1. The van der Waals surface area contributed by atoms with Crippen LogP contribution in [0.15, 0.2) is 69.2 Å². The molecular weight excluding hydrogens is 392 g/mol. The second-order valence-electron chi connectivity index (χ2n) is 6.76. The monoisotopic (exact) mass is 408 g/mol. The van der Waals surface area contributed by atoms with Gasteiger partial charge < -0.3 is 18.8 Å². The maximum atomic E-state index is 12.9. The Morgan fingerprint density at radius 2 is 2.00 bits per heavy atom. The summed E-state index contributed by atoms with van der Waals surface area (Å²) in [7, 11) is 0. The predicted molar refractivity (Wildman–Crippen MR) is 103 cm³/mol. The number of nitro benzene ring substituents is 1. The van der Waals surface area contributed by atoms with E-state index < -0.39 is 28.4 Å². The molecule has 1 N–H and O–H groups in total. The van der Waals surface area contributed by atoms with Crippen LogP contribution in [0.1, 0.15) is 28.9 Å². The van der Waals surface area contributed by atoms with Gasteiger partial charge in [-0.2, -0.15) is 0 Å². The summed E-state index contributed by atoms with van der Waals surface area (Å²) < 4.78 is 11.0. The van der Waals surface area contributed by atoms with Crippen molar-refractivity contribution in [1.82, 2.24) is 4.90 Å². The zero-order chi connectivity index (χ0) is 21.4. The van der Waals surface area contributed by atoms with Crippen molar-refractivity contribution in [3.63, 3.8) is 0 Å². The van der Waals surface area contributed by atoms with Gasteiger partial charge >= 0.3 is 0 Å². The lowest BCUT2D eigenvalue weighted by Gasteiger charge is -2.22. The number of hydrogen-bond donors (Lipinski definition) is 1. The fourth-order valence-electron chi connectivity index (χ4n) is 3.43. The van der Waals surface area contributed by atoms with Crippen molar-refractivity contribution in [2.24, 2.45) is 0 Å². The van der Waals surface area contributed by atoms with Gasteiger partial charge in [0.15, 0.2) is 0 Å². The number of ketones is 1. The van der Waals surface area contributed by atoms with Crippen molar-refractivity contribution in [3.8, 4) is 0 Å². The van der Waals surface area contributed by atoms with Crippen LogP contribution in [0.4, 0.5) is 5.69 Å². The van der Waals surface area contributed by atoms with E-state index in [0.717, 1.165) is 6.07 Å². The zero-order valence-corrected chi connectivity index (χ0v) is 15.8. The van der Waals surface area contributed by atoms with Gasteiger partial charge in [0.2, 0.25) is 0 Å². The van der Waals surface area contributed by atoms with Crippen LogP contribution in [-0.4, -0.2) is 26.6 Å². The highest BCUT2D eigenvalue weighted by atomic mass is 16.6. The summed E-state index contributed by atoms with van der Waals surface area (Å²) in [6.45, 7) is 1.69. The number of nitro groups is 1. The molecule has 1 aliphatic rings. The second-order valence-corrected chi connectivity index (χ2v) is 6.76. The molecule has 1 amide bonds. The van der Waals surface area contributed by atoms with Crippen LogP contribution < -0.4 is 0 Å². The number of hydrogen-bond acceptors (Lipinski definition) is 7. The molecule has 1 atom stereocenters. The van der Waals surface area contributed by atoms with Gasteiger partial charge in [0.1, 0.15) is 29.1 Å². The molecule has 9 nitrogen and oxygen atoms in total. The van der Waals surface area contributed by atoms with Crippen molar-refractivity contribution in [2.45, 2.75) is 19.5 Å². The third-order valence-corrected chi connectivity index (χ3v) is 4.81. The molecule has 0 bridgehead atoms. The summed E-state index contributed by atoms with van der Waals surface area (Å²) in [5.41, 5.74) is -0.413. The van der Waals surface area contributed by atoms with E-state index in [1.807, 2.05) is 0 Å². The Morgan fingerprint density at radius 1 is 1.20 bits per heavy atom. The van der Waals surface area contributed by atoms with Gasteiger partial charge in [0.25, 0.3) is 17.4 Å². The maximum Gasteiger partial charge on any atom is 0.296 e. The number of carbonyl (C=O) groups excluding carboxylic acids is 2. The van der Waals surface area contributed by atoms with Gasteiger partial charge in [-0.1, -0.05) is 12.1 Å². The van der Waals surface area contributed by atoms with Crippen LogP contribution in [0.3, 0.4) is 0 Å². The molecule has 9 heteroatoms. The molecule has 1 fully saturated rings. The highest BCUT2D eigenvalue weighted by Crippen LogP contribution is 2.41.